The number of benzene rings is 4. The van der Waals surface area contributed by atoms with Gasteiger partial charge in [0.05, 0.1) is 20.8 Å². The lowest BCUT2D eigenvalue weighted by molar-refractivity contribution is 0.445. The lowest BCUT2D eigenvalue weighted by Crippen LogP contribution is -2.00. The second-order valence-corrected chi connectivity index (χ2v) is 11.6. The van der Waals surface area contributed by atoms with E-state index < -0.39 is 35.8 Å². The lowest BCUT2D eigenvalue weighted by Gasteiger charge is -2.09. The van der Waals surface area contributed by atoms with Crippen LogP contribution in [0, 0.1) is 0 Å². The topological polar surface area (TPSA) is 179 Å². The minimum atomic E-state index is -4.90. The Morgan fingerprint density at radius 3 is 2.24 bits per heavy atom. The zero-order chi connectivity index (χ0) is 26.4. The molecule has 0 radical (unpaired) electrons. The first kappa shape index (κ1) is 24.7. The summed E-state index contributed by atoms with van der Waals surface area (Å²) in [4.78, 5) is 3.11. The molecule has 4 aromatic carbocycles. The molecule has 0 aliphatic carbocycles. The van der Waals surface area contributed by atoms with Gasteiger partial charge in [-0.05, 0) is 60.0 Å². The highest BCUT2D eigenvalue weighted by Gasteiger charge is 2.23. The third-order valence-electron chi connectivity index (χ3n) is 5.28. The minimum Gasteiger partial charge on any atom is -0.504 e. The molecule has 0 saturated carbocycles. The van der Waals surface area contributed by atoms with E-state index >= 15 is 0 Å². The molecule has 1 heterocycles. The van der Waals surface area contributed by atoms with E-state index in [1.54, 1.807) is 24.3 Å². The van der Waals surface area contributed by atoms with Gasteiger partial charge in [-0.2, -0.15) is 21.9 Å². The number of hydrogen-bond acceptors (Lipinski definition) is 10. The molecule has 188 valence electrons. The van der Waals surface area contributed by atoms with Gasteiger partial charge in [0.1, 0.15) is 10.6 Å². The van der Waals surface area contributed by atoms with Gasteiger partial charge in [0.15, 0.2) is 10.9 Å². The molecule has 0 aliphatic heterocycles. The van der Waals surface area contributed by atoms with Crippen LogP contribution in [-0.4, -0.2) is 36.0 Å². The molecule has 14 heteroatoms. The number of aromatic hydroxyl groups is 1. The van der Waals surface area contributed by atoms with E-state index in [2.05, 4.69) is 20.5 Å². The summed E-state index contributed by atoms with van der Waals surface area (Å²) in [6.07, 6.45) is 0. The molecule has 4 N–H and O–H groups in total. The van der Waals surface area contributed by atoms with Crippen molar-refractivity contribution in [2.45, 2.75) is 9.79 Å². The number of hydrogen-bond donors (Lipinski definition) is 4. The van der Waals surface area contributed by atoms with Crippen molar-refractivity contribution in [3.63, 3.8) is 0 Å². The average molecular weight is 557 g/mol. The number of azo groups is 1. The van der Waals surface area contributed by atoms with Gasteiger partial charge in [0.25, 0.3) is 20.2 Å². The average Bonchev–Trinajstić information content (AvgIpc) is 3.25. The van der Waals surface area contributed by atoms with Crippen LogP contribution in [0.1, 0.15) is 0 Å². The number of fused-ring (bicyclic) bond motifs is 2. The lowest BCUT2D eigenvalue weighted by atomic mass is 10.1. The number of phenolic OH excluding ortho intramolecular Hbond substituents is 1. The van der Waals surface area contributed by atoms with Crippen LogP contribution in [0.3, 0.4) is 0 Å². The summed E-state index contributed by atoms with van der Waals surface area (Å²) in [5.41, 5.74) is 1.65. The van der Waals surface area contributed by atoms with Crippen LogP contribution in [0.2, 0.25) is 0 Å². The Hall–Kier alpha value is -3.95. The van der Waals surface area contributed by atoms with Crippen LogP contribution in [0.25, 0.3) is 21.0 Å². The number of para-hydroxylation sites is 1. The molecule has 37 heavy (non-hydrogen) atoms. The molecule has 11 nitrogen and oxygen atoms in total. The van der Waals surface area contributed by atoms with Crippen molar-refractivity contribution >= 4 is 74.8 Å². The van der Waals surface area contributed by atoms with Gasteiger partial charge in [0, 0.05) is 11.1 Å². The van der Waals surface area contributed by atoms with Crippen LogP contribution in [0.15, 0.2) is 92.8 Å². The summed E-state index contributed by atoms with van der Waals surface area (Å²) in [6.45, 7) is 0. The van der Waals surface area contributed by atoms with E-state index in [-0.39, 0.29) is 16.5 Å². The standard InChI is InChI=1S/C23H16N4O7S3/c28-22-20(37(32,33)34)12-13-11-16(36(29,30)31)9-10-17(13)21(22)27-26-15-7-5-14(6-8-15)24-23-25-18-3-1-2-4-19(18)35-23/h1-12,28H,(H,24,25)(H,29,30,31)(H,32,33,34). The van der Waals surface area contributed by atoms with Gasteiger partial charge >= 0.3 is 0 Å². The highest BCUT2D eigenvalue weighted by atomic mass is 32.2. The molecule has 0 spiro atoms. The highest BCUT2D eigenvalue weighted by molar-refractivity contribution is 7.86. The molecule has 0 fully saturated rings. The molecular formula is C23H16N4O7S3. The van der Waals surface area contributed by atoms with Gasteiger partial charge in [-0.25, -0.2) is 4.98 Å². The second kappa shape index (κ2) is 9.17. The number of aromatic nitrogens is 1. The van der Waals surface area contributed by atoms with Crippen molar-refractivity contribution in [1.29, 1.82) is 0 Å². The highest BCUT2D eigenvalue weighted by Crippen LogP contribution is 2.42. The molecule has 0 bridgehead atoms. The fraction of sp³-hybridized carbons (Fsp3) is 0. The SMILES string of the molecule is O=S(=O)(O)c1ccc2c(N=Nc3ccc(Nc4nc5ccccc5s4)cc3)c(O)c(S(=O)(=O)O)cc2c1. The molecule has 0 unspecified atom stereocenters. The molecule has 0 aliphatic rings. The predicted octanol–water partition coefficient (Wildman–Crippen LogP) is 5.81. The first-order chi connectivity index (χ1) is 17.5. The summed E-state index contributed by atoms with van der Waals surface area (Å²) in [5, 5.41) is 22.6. The molecule has 5 aromatic rings. The fourth-order valence-electron chi connectivity index (χ4n) is 3.56. The quantitative estimate of drug-likeness (QED) is 0.148. The molecule has 1 aromatic heterocycles. The molecule has 5 rings (SSSR count). The zero-order valence-electron chi connectivity index (χ0n) is 18.5. The number of anilines is 2. The molecule has 0 atom stereocenters. The summed E-state index contributed by atoms with van der Waals surface area (Å²) >= 11 is 1.50. The summed E-state index contributed by atoms with van der Waals surface area (Å²) in [6, 6.07) is 18.6. The Morgan fingerprint density at radius 2 is 1.57 bits per heavy atom. The first-order valence-corrected chi connectivity index (χ1v) is 14.1. The van der Waals surface area contributed by atoms with Crippen LogP contribution in [-0.2, 0) is 20.2 Å². The Kier molecular flexibility index (Phi) is 6.13. The smallest absolute Gasteiger partial charge is 0.298 e. The zero-order valence-corrected chi connectivity index (χ0v) is 20.9. The van der Waals surface area contributed by atoms with Crippen molar-refractivity contribution in [1.82, 2.24) is 4.98 Å². The Balaban J connectivity index is 1.49. The molecule has 0 amide bonds. The van der Waals surface area contributed by atoms with E-state index in [1.165, 1.54) is 17.4 Å². The Bertz CT molecular complexity index is 1890. The number of phenols is 1. The number of nitrogens with one attached hydrogen (secondary N) is 1. The van der Waals surface area contributed by atoms with Gasteiger partial charge in [0.2, 0.25) is 0 Å². The molecule has 0 saturated heterocycles. The second-order valence-electron chi connectivity index (χ2n) is 7.76. The van der Waals surface area contributed by atoms with E-state index in [1.807, 2.05) is 24.3 Å². The van der Waals surface area contributed by atoms with Gasteiger partial charge in [-0.1, -0.05) is 29.5 Å². The normalized spacial score (nSPS) is 12.5. The number of nitrogens with zero attached hydrogens (tertiary/aromatic N) is 3. The van der Waals surface area contributed by atoms with Crippen molar-refractivity contribution < 1.29 is 31.0 Å². The van der Waals surface area contributed by atoms with Crippen LogP contribution in [0.5, 0.6) is 5.75 Å². The van der Waals surface area contributed by atoms with Gasteiger partial charge < -0.3 is 10.4 Å². The van der Waals surface area contributed by atoms with E-state index in [9.17, 15) is 31.0 Å². The third-order valence-corrected chi connectivity index (χ3v) is 7.94. The first-order valence-electron chi connectivity index (χ1n) is 10.4. The van der Waals surface area contributed by atoms with E-state index in [0.717, 1.165) is 34.1 Å². The minimum absolute atomic E-state index is 0.0233. The van der Waals surface area contributed by atoms with Crippen LogP contribution >= 0.6 is 11.3 Å². The Labute approximate surface area is 214 Å². The Morgan fingerprint density at radius 1 is 0.838 bits per heavy atom. The summed E-state index contributed by atoms with van der Waals surface area (Å²) in [7, 11) is -9.49. The maximum absolute atomic E-state index is 11.8. The largest absolute Gasteiger partial charge is 0.504 e. The van der Waals surface area contributed by atoms with Gasteiger partial charge in [-0.3, -0.25) is 9.11 Å². The number of rotatable bonds is 6. The predicted molar refractivity (Wildman–Crippen MR) is 139 cm³/mol. The number of thiazole rings is 1. The van der Waals surface area contributed by atoms with Crippen molar-refractivity contribution in [2.24, 2.45) is 10.2 Å². The maximum Gasteiger partial charge on any atom is 0.298 e. The third kappa shape index (κ3) is 5.14. The van der Waals surface area contributed by atoms with Gasteiger partial charge in [-0.15, -0.1) is 5.11 Å². The summed E-state index contributed by atoms with van der Waals surface area (Å²) in [5.74, 6) is -0.868. The fourth-order valence-corrected chi connectivity index (χ4v) is 5.58. The summed E-state index contributed by atoms with van der Waals surface area (Å²) < 4.78 is 66.5. The molecular weight excluding hydrogens is 540 g/mol. The van der Waals surface area contributed by atoms with E-state index in [0.29, 0.717) is 10.8 Å². The maximum atomic E-state index is 11.8. The van der Waals surface area contributed by atoms with E-state index in [4.69, 9.17) is 0 Å². The van der Waals surface area contributed by atoms with Crippen LogP contribution in [0.4, 0.5) is 22.2 Å². The van der Waals surface area contributed by atoms with Crippen LogP contribution < -0.4 is 5.32 Å². The van der Waals surface area contributed by atoms with Crippen molar-refractivity contribution in [3.8, 4) is 5.75 Å². The monoisotopic (exact) mass is 556 g/mol. The van der Waals surface area contributed by atoms with Crippen molar-refractivity contribution in [2.75, 3.05) is 5.32 Å². The van der Waals surface area contributed by atoms with Crippen molar-refractivity contribution in [3.05, 3.63) is 72.8 Å².